The third-order valence-electron chi connectivity index (χ3n) is 3.17. The summed E-state index contributed by atoms with van der Waals surface area (Å²) in [7, 11) is 0. The van der Waals surface area contributed by atoms with Crippen molar-refractivity contribution < 1.29 is 16.1 Å². The molecule has 0 aromatic heterocycles. The lowest BCUT2D eigenvalue weighted by atomic mass is 9.83. The number of carbonyl (C=O) groups excluding carboxylic acids is 1. The predicted molar refractivity (Wildman–Crippen MR) is 68.9 cm³/mol. The molecule has 0 bridgehead atoms. The van der Waals surface area contributed by atoms with Crippen LogP contribution >= 0.6 is 0 Å². The third kappa shape index (κ3) is 5.39. The summed E-state index contributed by atoms with van der Waals surface area (Å²) in [5.41, 5.74) is -0.444. The van der Waals surface area contributed by atoms with Crippen LogP contribution in [-0.4, -0.2) is 28.9 Å². The minimum absolute atomic E-state index is 0. The number of carbonyl (C=O) groups is 1. The molecule has 1 atom stereocenters. The molecule has 0 saturated heterocycles. The summed E-state index contributed by atoms with van der Waals surface area (Å²) in [6, 6.07) is 0.194. The molecule has 1 unspecified atom stereocenters. The van der Waals surface area contributed by atoms with Crippen molar-refractivity contribution in [3.05, 3.63) is 0 Å². The predicted octanol–water partition coefficient (Wildman–Crippen LogP) is 2.70. The lowest BCUT2D eigenvalue weighted by Gasteiger charge is -2.31. The van der Waals surface area contributed by atoms with Gasteiger partial charge in [-0.2, -0.15) is 0 Å². The topological polar surface area (TPSA) is 58.6 Å². The van der Waals surface area contributed by atoms with E-state index in [0.717, 1.165) is 25.7 Å². The summed E-state index contributed by atoms with van der Waals surface area (Å²) in [5, 5.41) is 12.4. The lowest BCUT2D eigenvalue weighted by Crippen LogP contribution is -2.41. The van der Waals surface area contributed by atoms with Crippen LogP contribution in [0.4, 0.5) is 4.79 Å². The fraction of sp³-hybridized carbons (Fsp3) is 0.923. The molecule has 1 aliphatic carbocycles. The zero-order chi connectivity index (χ0) is 13.1. The average molecular weight is 245 g/mol. The number of nitrogens with one attached hydrogen (secondary N) is 1. The molecule has 2 N–H and O–H groups in total. The minimum atomic E-state index is -0.444. The minimum Gasteiger partial charge on any atom is -0.444 e. The number of aliphatic hydroxyl groups is 1. The van der Waals surface area contributed by atoms with E-state index >= 15 is 0 Å². The van der Waals surface area contributed by atoms with Gasteiger partial charge >= 0.3 is 6.09 Å². The van der Waals surface area contributed by atoms with Gasteiger partial charge in [0.25, 0.3) is 0 Å². The summed E-state index contributed by atoms with van der Waals surface area (Å²) in [5.74, 6) is 0.381. The standard InChI is InChI=1S/C13H25NO3.H2/c1-9(15)10-5-7-11(8-6-10)14-12(16)17-13(2,3)4;/h9-11,15H,5-8H2,1-4H3,(H,14,16);1H. The molecule has 1 aliphatic rings. The fourth-order valence-electron chi connectivity index (χ4n) is 2.22. The number of alkyl carbamates (subject to hydrolysis) is 1. The lowest BCUT2D eigenvalue weighted by molar-refractivity contribution is 0.0463. The molecule has 0 aromatic carbocycles. The Morgan fingerprint density at radius 2 is 1.88 bits per heavy atom. The molecular formula is C13H27NO3. The van der Waals surface area contributed by atoms with Crippen LogP contribution in [-0.2, 0) is 4.74 Å². The summed E-state index contributed by atoms with van der Waals surface area (Å²) in [6.07, 6.45) is 3.22. The van der Waals surface area contributed by atoms with Gasteiger partial charge in [0.15, 0.2) is 0 Å². The first kappa shape index (κ1) is 14.3. The second-order valence-corrected chi connectivity index (χ2v) is 6.00. The van der Waals surface area contributed by atoms with Crippen LogP contribution in [0.15, 0.2) is 0 Å². The van der Waals surface area contributed by atoms with E-state index in [1.54, 1.807) is 0 Å². The Balaban J connectivity index is 0.00000289. The van der Waals surface area contributed by atoms with E-state index in [4.69, 9.17) is 4.74 Å². The number of aliphatic hydroxyl groups excluding tert-OH is 1. The highest BCUT2D eigenvalue weighted by Crippen LogP contribution is 2.26. The van der Waals surface area contributed by atoms with E-state index in [-0.39, 0.29) is 19.7 Å². The first-order valence-electron chi connectivity index (χ1n) is 6.45. The van der Waals surface area contributed by atoms with Gasteiger partial charge < -0.3 is 15.2 Å². The van der Waals surface area contributed by atoms with Gasteiger partial charge in [0.2, 0.25) is 0 Å². The van der Waals surface area contributed by atoms with Crippen molar-refractivity contribution in [3.8, 4) is 0 Å². The van der Waals surface area contributed by atoms with Gasteiger partial charge in [0, 0.05) is 7.47 Å². The van der Waals surface area contributed by atoms with E-state index in [1.807, 2.05) is 27.7 Å². The van der Waals surface area contributed by atoms with E-state index in [2.05, 4.69) is 5.32 Å². The number of amides is 1. The average Bonchev–Trinajstić information content (AvgIpc) is 2.15. The second kappa shape index (κ2) is 5.71. The normalized spacial score (nSPS) is 27.4. The van der Waals surface area contributed by atoms with Gasteiger partial charge in [-0.25, -0.2) is 4.79 Å². The smallest absolute Gasteiger partial charge is 0.407 e. The molecule has 0 heterocycles. The van der Waals surface area contributed by atoms with E-state index < -0.39 is 5.60 Å². The summed E-state index contributed by atoms with van der Waals surface area (Å²) in [4.78, 5) is 11.6. The largest absolute Gasteiger partial charge is 0.444 e. The van der Waals surface area contributed by atoms with Gasteiger partial charge in [0.05, 0.1) is 6.10 Å². The van der Waals surface area contributed by atoms with Crippen molar-refractivity contribution in [2.75, 3.05) is 0 Å². The molecule has 1 rings (SSSR count). The highest BCUT2D eigenvalue weighted by atomic mass is 16.6. The maximum atomic E-state index is 11.6. The van der Waals surface area contributed by atoms with Crippen LogP contribution in [0.3, 0.4) is 0 Å². The van der Waals surface area contributed by atoms with Crippen LogP contribution < -0.4 is 5.32 Å². The van der Waals surface area contributed by atoms with Crippen LogP contribution in [0, 0.1) is 5.92 Å². The quantitative estimate of drug-likeness (QED) is 0.786. The molecule has 0 aliphatic heterocycles. The van der Waals surface area contributed by atoms with Gasteiger partial charge in [-0.3, -0.25) is 0 Å². The highest BCUT2D eigenvalue weighted by Gasteiger charge is 2.26. The first-order chi connectivity index (χ1) is 7.78. The third-order valence-corrected chi connectivity index (χ3v) is 3.17. The molecule has 1 amide bonds. The van der Waals surface area contributed by atoms with Gasteiger partial charge in [0.1, 0.15) is 5.60 Å². The Bertz CT molecular complexity index is 255. The van der Waals surface area contributed by atoms with Crippen LogP contribution in [0.25, 0.3) is 0 Å². The molecular weight excluding hydrogens is 218 g/mol. The molecule has 102 valence electrons. The van der Waals surface area contributed by atoms with Crippen molar-refractivity contribution in [1.29, 1.82) is 0 Å². The van der Waals surface area contributed by atoms with Crippen molar-refractivity contribution in [3.63, 3.8) is 0 Å². The van der Waals surface area contributed by atoms with Gasteiger partial charge in [-0.15, -0.1) is 0 Å². The summed E-state index contributed by atoms with van der Waals surface area (Å²) in [6.45, 7) is 7.41. The van der Waals surface area contributed by atoms with E-state index in [1.165, 1.54) is 0 Å². The second-order valence-electron chi connectivity index (χ2n) is 6.00. The fourth-order valence-corrected chi connectivity index (χ4v) is 2.22. The van der Waals surface area contributed by atoms with E-state index in [9.17, 15) is 9.90 Å². The Morgan fingerprint density at radius 3 is 2.29 bits per heavy atom. The Labute approximate surface area is 105 Å². The zero-order valence-electron chi connectivity index (χ0n) is 11.3. The maximum Gasteiger partial charge on any atom is 0.407 e. The number of ether oxygens (including phenoxy) is 1. The summed E-state index contributed by atoms with van der Waals surface area (Å²) < 4.78 is 5.22. The number of hydrogen-bond donors (Lipinski definition) is 2. The van der Waals surface area contributed by atoms with Crippen LogP contribution in [0.1, 0.15) is 54.8 Å². The molecule has 1 fully saturated rings. The maximum absolute atomic E-state index is 11.6. The monoisotopic (exact) mass is 245 g/mol. The molecule has 0 radical (unpaired) electrons. The molecule has 4 nitrogen and oxygen atoms in total. The van der Waals surface area contributed by atoms with Crippen molar-refractivity contribution in [2.24, 2.45) is 5.92 Å². The van der Waals surface area contributed by atoms with E-state index in [0.29, 0.717) is 5.92 Å². The van der Waals surface area contributed by atoms with Crippen molar-refractivity contribution in [1.82, 2.24) is 5.32 Å². The van der Waals surface area contributed by atoms with Crippen LogP contribution in [0.2, 0.25) is 0 Å². The molecule has 4 heteroatoms. The Hall–Kier alpha value is -0.770. The SMILES string of the molecule is CC(O)C1CCC(NC(=O)OC(C)(C)C)CC1.[HH]. The van der Waals surface area contributed by atoms with Crippen molar-refractivity contribution >= 4 is 6.09 Å². The molecule has 0 aromatic rings. The highest BCUT2D eigenvalue weighted by molar-refractivity contribution is 5.68. The molecule has 1 saturated carbocycles. The first-order valence-corrected chi connectivity index (χ1v) is 6.45. The number of hydrogen-bond acceptors (Lipinski definition) is 3. The molecule has 17 heavy (non-hydrogen) atoms. The van der Waals surface area contributed by atoms with Gasteiger partial charge in [-0.05, 0) is 59.3 Å². The number of rotatable bonds is 2. The summed E-state index contributed by atoms with van der Waals surface area (Å²) >= 11 is 0. The Morgan fingerprint density at radius 1 is 1.35 bits per heavy atom. The Kier molecular flexibility index (Phi) is 4.80. The van der Waals surface area contributed by atoms with Gasteiger partial charge in [-0.1, -0.05) is 0 Å². The molecule has 0 spiro atoms. The van der Waals surface area contributed by atoms with Crippen LogP contribution in [0.5, 0.6) is 0 Å². The van der Waals surface area contributed by atoms with Crippen molar-refractivity contribution in [2.45, 2.75) is 71.1 Å². The zero-order valence-corrected chi connectivity index (χ0v) is 11.3.